The highest BCUT2D eigenvalue weighted by Crippen LogP contribution is 2.59. The normalized spacial score (nSPS) is 38.1. The molecule has 0 amide bonds. The van der Waals surface area contributed by atoms with Crippen LogP contribution >= 0.6 is 25.8 Å². The average molecular weight is 650 g/mol. The smallest absolute Gasteiger partial charge is 0.369 e. The number of H-pyrrole nitrogens is 1. The minimum atomic E-state index is -4.05. The summed E-state index contributed by atoms with van der Waals surface area (Å²) in [5, 5.41) is 11.0. The molecule has 1 saturated heterocycles. The SMILES string of the molecule is Nc1nc2c(nnn2[C@@H]2C[C@@H]3COP(=O)(S)O[C@@H]4[C@@H](COP(O)(=S)O[C@@H]2C3)C[C@@H](Nc2ccncn2)[C@H]4F)c(=O)[nH]1. The van der Waals surface area contributed by atoms with Crippen LogP contribution in [0.25, 0.3) is 11.2 Å². The summed E-state index contributed by atoms with van der Waals surface area (Å²) in [6.07, 6.45) is -0.0587. The van der Waals surface area contributed by atoms with Gasteiger partial charge in [-0.1, -0.05) is 17.5 Å². The molecule has 2 saturated carbocycles. The van der Waals surface area contributed by atoms with Crippen molar-refractivity contribution in [3.8, 4) is 0 Å². The van der Waals surface area contributed by atoms with E-state index in [4.69, 9.17) is 35.6 Å². The molecule has 0 spiro atoms. The third-order valence-corrected chi connectivity index (χ3v) is 10.5. The monoisotopic (exact) mass is 649 g/mol. The zero-order valence-electron chi connectivity index (χ0n) is 21.1. The molecule has 5 N–H and O–H groups in total. The number of hydrogen-bond donors (Lipinski definition) is 5. The van der Waals surface area contributed by atoms with Gasteiger partial charge in [0.15, 0.2) is 11.2 Å². The van der Waals surface area contributed by atoms with Gasteiger partial charge >= 0.3 is 13.5 Å². The third-order valence-electron chi connectivity index (χ3n) is 7.32. The predicted octanol–water partition coefficient (Wildman–Crippen LogP) is 1.75. The number of aromatic amines is 1. The van der Waals surface area contributed by atoms with Crippen molar-refractivity contribution >= 4 is 60.5 Å². The van der Waals surface area contributed by atoms with Crippen LogP contribution in [-0.2, 0) is 34.5 Å². The van der Waals surface area contributed by atoms with Gasteiger partial charge in [-0.3, -0.25) is 14.3 Å². The molecule has 2 aliphatic carbocycles. The van der Waals surface area contributed by atoms with Crippen LogP contribution in [0, 0.1) is 11.8 Å². The highest BCUT2D eigenvalue weighted by Gasteiger charge is 2.49. The molecule has 3 fully saturated rings. The van der Waals surface area contributed by atoms with Gasteiger partial charge < -0.3 is 29.5 Å². The molecule has 0 radical (unpaired) electrons. The number of hydrogen-bond acceptors (Lipinski definition) is 14. The van der Waals surface area contributed by atoms with Crippen molar-refractivity contribution in [1.29, 1.82) is 0 Å². The first-order chi connectivity index (χ1) is 19.5. The van der Waals surface area contributed by atoms with Gasteiger partial charge in [0, 0.05) is 12.1 Å². The molecule has 41 heavy (non-hydrogen) atoms. The van der Waals surface area contributed by atoms with E-state index in [1.54, 1.807) is 6.07 Å². The Morgan fingerprint density at radius 1 is 1.27 bits per heavy atom. The Morgan fingerprint density at radius 2 is 2.10 bits per heavy atom. The number of anilines is 2. The largest absolute Gasteiger partial charge is 0.386 e. The number of nitrogen functional groups attached to an aromatic ring is 1. The Labute approximate surface area is 241 Å². The van der Waals surface area contributed by atoms with Crippen LogP contribution in [0.15, 0.2) is 23.4 Å². The van der Waals surface area contributed by atoms with Crippen LogP contribution in [0.4, 0.5) is 16.2 Å². The molecule has 3 aromatic rings. The maximum absolute atomic E-state index is 15.6. The van der Waals surface area contributed by atoms with E-state index >= 15 is 4.39 Å². The van der Waals surface area contributed by atoms with Crippen LogP contribution in [0.3, 0.4) is 0 Å². The van der Waals surface area contributed by atoms with E-state index in [2.05, 4.69) is 47.8 Å². The Balaban J connectivity index is 1.27. The quantitative estimate of drug-likeness (QED) is 0.202. The van der Waals surface area contributed by atoms with E-state index < -0.39 is 55.5 Å². The highest BCUT2D eigenvalue weighted by atomic mass is 32.7. The Kier molecular flexibility index (Phi) is 7.93. The van der Waals surface area contributed by atoms with Crippen molar-refractivity contribution in [2.75, 3.05) is 24.3 Å². The molecule has 16 nitrogen and oxygen atoms in total. The van der Waals surface area contributed by atoms with Gasteiger partial charge in [-0.15, -0.1) is 5.10 Å². The van der Waals surface area contributed by atoms with Crippen LogP contribution in [0.1, 0.15) is 25.3 Å². The fraction of sp³-hybridized carbons (Fsp3) is 0.600. The second-order valence-corrected chi connectivity index (χ2v) is 15.8. The first-order valence-electron chi connectivity index (χ1n) is 12.6. The summed E-state index contributed by atoms with van der Waals surface area (Å²) in [6.45, 7) is -8.29. The third kappa shape index (κ3) is 6.19. The fourth-order valence-electron chi connectivity index (χ4n) is 5.53. The molecule has 2 unspecified atom stereocenters. The lowest BCUT2D eigenvalue weighted by atomic mass is 10.1. The van der Waals surface area contributed by atoms with E-state index in [9.17, 15) is 14.3 Å². The van der Waals surface area contributed by atoms with E-state index in [0.29, 0.717) is 12.2 Å². The average Bonchev–Trinajstić information content (AvgIpc) is 3.58. The Bertz CT molecular complexity index is 1590. The number of nitrogens with two attached hydrogens (primary N) is 1. The lowest BCUT2D eigenvalue weighted by Crippen LogP contribution is -2.33. The molecule has 9 atom stereocenters. The topological polar surface area (TPSA) is 215 Å². The van der Waals surface area contributed by atoms with Crippen molar-refractivity contribution in [3.05, 3.63) is 28.9 Å². The number of nitrogens with zero attached hydrogens (tertiary/aromatic N) is 6. The summed E-state index contributed by atoms with van der Waals surface area (Å²) in [6, 6.07) is 0.183. The molecule has 3 aromatic heterocycles. The second-order valence-electron chi connectivity index (χ2n) is 10.1. The highest BCUT2D eigenvalue weighted by molar-refractivity contribution is 8.44. The molecular weight excluding hydrogens is 623 g/mol. The molecule has 1 aliphatic heterocycles. The van der Waals surface area contributed by atoms with Crippen LogP contribution < -0.4 is 16.6 Å². The summed E-state index contributed by atoms with van der Waals surface area (Å²) >= 11 is 9.44. The molecule has 2 bridgehead atoms. The molecule has 3 aliphatic rings. The predicted molar refractivity (Wildman–Crippen MR) is 149 cm³/mol. The number of alkyl halides is 1. The first-order valence-corrected chi connectivity index (χ1v) is 17.9. The number of nitrogens with one attached hydrogen (secondary N) is 2. The van der Waals surface area contributed by atoms with E-state index in [0.717, 1.165) is 0 Å². The van der Waals surface area contributed by atoms with Crippen LogP contribution in [0.5, 0.6) is 0 Å². The number of halogens is 1. The number of aromatic nitrogens is 7. The maximum atomic E-state index is 15.6. The van der Waals surface area contributed by atoms with E-state index in [-0.39, 0.29) is 49.1 Å². The Morgan fingerprint density at radius 3 is 2.88 bits per heavy atom. The fourth-order valence-corrected chi connectivity index (χ4v) is 8.64. The van der Waals surface area contributed by atoms with Crippen molar-refractivity contribution in [2.45, 2.75) is 49.7 Å². The van der Waals surface area contributed by atoms with Gasteiger partial charge in [-0.2, -0.15) is 4.98 Å². The first kappa shape index (κ1) is 29.0. The lowest BCUT2D eigenvalue weighted by molar-refractivity contribution is 0.0481. The summed E-state index contributed by atoms with van der Waals surface area (Å²) < 4.78 is 53.2. The van der Waals surface area contributed by atoms with Gasteiger partial charge in [-0.25, -0.2) is 23.6 Å². The molecule has 4 heterocycles. The van der Waals surface area contributed by atoms with Crippen LogP contribution in [-0.4, -0.2) is 77.5 Å². The summed E-state index contributed by atoms with van der Waals surface area (Å²) in [5.74, 6) is -0.739. The standard InChI is InChI=1S/C20H26FN9O7P2S2/c21-15-11(25-14-1-2-23-8-24-14)5-10-7-35-38(32,40)36-13-4-9(6-34-39(33,41)37-17(10)15)3-12(13)30-18-16(28-29-30)19(31)27-20(22)26-18/h1-2,8-13,15,17H,3-7H2,(H,32,40)(H,33,41)(H,23,24,25)(H3,22,26,27,31)/t9-,10+,11+,12+,13+,15+,17+,38?,39?/m0/s1. The van der Waals surface area contributed by atoms with Gasteiger partial charge in [-0.05, 0) is 43.1 Å². The van der Waals surface area contributed by atoms with E-state index in [1.807, 2.05) is 0 Å². The van der Waals surface area contributed by atoms with Crippen molar-refractivity contribution < 1.29 is 31.9 Å². The minimum absolute atomic E-state index is 0.0295. The zero-order valence-corrected chi connectivity index (χ0v) is 24.6. The summed E-state index contributed by atoms with van der Waals surface area (Å²) in [5.41, 5.74) is 5.25. The van der Waals surface area contributed by atoms with Crippen molar-refractivity contribution in [1.82, 2.24) is 34.9 Å². The molecule has 6 rings (SSSR count). The Hall–Kier alpha value is -2.08. The number of fused-ring (bicyclic) bond motifs is 4. The lowest BCUT2D eigenvalue weighted by Gasteiger charge is -2.27. The van der Waals surface area contributed by atoms with Crippen molar-refractivity contribution in [2.24, 2.45) is 11.8 Å². The molecule has 222 valence electrons. The summed E-state index contributed by atoms with van der Waals surface area (Å²) in [7, 11) is 0. The zero-order chi connectivity index (χ0) is 28.9. The van der Waals surface area contributed by atoms with Gasteiger partial charge in [0.05, 0.1) is 31.4 Å². The minimum Gasteiger partial charge on any atom is -0.369 e. The molecule has 0 aromatic carbocycles. The van der Waals surface area contributed by atoms with Gasteiger partial charge in [0.25, 0.3) is 5.56 Å². The molecule has 21 heteroatoms. The van der Waals surface area contributed by atoms with E-state index in [1.165, 1.54) is 17.2 Å². The van der Waals surface area contributed by atoms with Crippen LogP contribution in [0.2, 0.25) is 0 Å². The molecular formula is C20H26FN9O7P2S2. The number of thiol groups is 1. The number of rotatable bonds is 3. The van der Waals surface area contributed by atoms with Gasteiger partial charge in [0.2, 0.25) is 5.95 Å². The summed E-state index contributed by atoms with van der Waals surface area (Å²) in [4.78, 5) is 37.7. The van der Waals surface area contributed by atoms with Gasteiger partial charge in [0.1, 0.15) is 24.4 Å². The second kappa shape index (κ2) is 11.2. The maximum Gasteiger partial charge on any atom is 0.386 e. The van der Waals surface area contributed by atoms with Crippen molar-refractivity contribution in [3.63, 3.8) is 0 Å².